The van der Waals surface area contributed by atoms with Crippen molar-refractivity contribution < 1.29 is 60.9 Å². The molecule has 2 nitrogen and oxygen atoms in total. The van der Waals surface area contributed by atoms with E-state index in [1.165, 1.54) is 0 Å². The molecule has 0 aliphatic rings. The van der Waals surface area contributed by atoms with Gasteiger partial charge in [0.15, 0.2) is 0 Å². The fraction of sp³-hybridized carbons (Fsp3) is 0.222. The Balaban J connectivity index is 0.00000121. The second-order valence-electron chi connectivity index (χ2n) is 2.06. The Hall–Kier alpha value is 0.326. The molecular formula is C9H9KO2. The van der Waals surface area contributed by atoms with Gasteiger partial charge in [-0.1, -0.05) is 0 Å². The summed E-state index contributed by atoms with van der Waals surface area (Å²) < 4.78 is 5.17. The van der Waals surface area contributed by atoms with Crippen molar-refractivity contribution in [2.75, 3.05) is 6.61 Å². The Morgan fingerprint density at radius 3 is 2.83 bits per heavy atom. The summed E-state index contributed by atoms with van der Waals surface area (Å²) in [6.45, 7) is 2.51. The molecule has 58 valence electrons. The summed E-state index contributed by atoms with van der Waals surface area (Å²) in [7, 11) is 0. The zero-order valence-electron chi connectivity index (χ0n) is 7.33. The summed E-state index contributed by atoms with van der Waals surface area (Å²) in [5.74, 6) is 0.716. The van der Waals surface area contributed by atoms with Crippen molar-refractivity contribution in [1.82, 2.24) is 0 Å². The first-order valence-electron chi connectivity index (χ1n) is 3.48. The van der Waals surface area contributed by atoms with Gasteiger partial charge in [-0.3, -0.25) is 0 Å². The molecule has 12 heavy (non-hydrogen) atoms. The van der Waals surface area contributed by atoms with E-state index in [1.807, 2.05) is 13.0 Å². The molecule has 3 heteroatoms. The van der Waals surface area contributed by atoms with Crippen LogP contribution in [0.25, 0.3) is 0 Å². The van der Waals surface area contributed by atoms with Gasteiger partial charge in [0.2, 0.25) is 0 Å². The zero-order valence-corrected chi connectivity index (χ0v) is 10.5. The van der Waals surface area contributed by atoms with Gasteiger partial charge in [0.05, 0.1) is 18.6 Å². The van der Waals surface area contributed by atoms with Gasteiger partial charge in [-0.25, -0.2) is 0 Å². The molecule has 0 amide bonds. The van der Waals surface area contributed by atoms with Gasteiger partial charge in [0.25, 0.3) is 0 Å². The predicted molar refractivity (Wildman–Crippen MR) is 42.4 cm³/mol. The molecule has 0 aromatic heterocycles. The number of ether oxygens (including phenoxy) is 1. The minimum absolute atomic E-state index is 0. The van der Waals surface area contributed by atoms with Crippen molar-refractivity contribution in [2.45, 2.75) is 6.92 Å². The second-order valence-corrected chi connectivity index (χ2v) is 2.06. The summed E-state index contributed by atoms with van der Waals surface area (Å²) in [6.07, 6.45) is 1.80. The third-order valence-corrected chi connectivity index (χ3v) is 1.26. The van der Waals surface area contributed by atoms with Gasteiger partial charge in [-0.2, -0.15) is 6.07 Å². The average molecular weight is 188 g/mol. The standard InChI is InChI=1S/C9H9O2.K/c1-2-11-9-5-3-4-8(6-9)7-10;/h3-6H,2H2,1H3;/q-1;+1. The van der Waals surface area contributed by atoms with Crippen LogP contribution in [0.1, 0.15) is 12.5 Å². The SMILES string of the molecule is CCOc1cccc([C-]=O)c1.[K+]. The third kappa shape index (κ3) is 3.82. The number of carbonyl (C=O) groups excluding carboxylic acids is 1. The summed E-state index contributed by atoms with van der Waals surface area (Å²) in [6, 6.07) is 6.93. The molecule has 0 saturated carbocycles. The van der Waals surface area contributed by atoms with Crippen molar-refractivity contribution >= 4 is 6.29 Å². The summed E-state index contributed by atoms with van der Waals surface area (Å²) >= 11 is 0. The van der Waals surface area contributed by atoms with Crippen LogP contribution in [0.2, 0.25) is 0 Å². The minimum atomic E-state index is 0. The van der Waals surface area contributed by atoms with Gasteiger partial charge < -0.3 is 9.53 Å². The molecule has 0 heterocycles. The second kappa shape index (κ2) is 6.80. The smallest absolute Gasteiger partial charge is 0.507 e. The van der Waals surface area contributed by atoms with Gasteiger partial charge >= 0.3 is 51.4 Å². The molecule has 0 bridgehead atoms. The number of benzene rings is 1. The zero-order chi connectivity index (χ0) is 8.10. The van der Waals surface area contributed by atoms with Crippen LogP contribution in [0.5, 0.6) is 5.75 Å². The van der Waals surface area contributed by atoms with Crippen LogP contribution in [0.4, 0.5) is 0 Å². The molecule has 0 unspecified atom stereocenters. The van der Waals surface area contributed by atoms with E-state index in [-0.39, 0.29) is 51.4 Å². The molecule has 1 aromatic rings. The maximum atomic E-state index is 10.2. The minimum Gasteiger partial charge on any atom is -0.507 e. The van der Waals surface area contributed by atoms with Gasteiger partial charge in [0, 0.05) is 0 Å². The van der Waals surface area contributed by atoms with Crippen molar-refractivity contribution in [3.63, 3.8) is 0 Å². The molecule has 0 saturated heterocycles. The van der Waals surface area contributed by atoms with Gasteiger partial charge in [-0.15, -0.1) is 17.7 Å². The Kier molecular flexibility index (Phi) is 6.99. The fourth-order valence-electron chi connectivity index (χ4n) is 0.816. The maximum Gasteiger partial charge on any atom is 1.00 e. The van der Waals surface area contributed by atoms with Crippen LogP contribution in [0, 0.1) is 0 Å². The Labute approximate surface area is 115 Å². The quantitative estimate of drug-likeness (QED) is 0.428. The Morgan fingerprint density at radius 2 is 2.25 bits per heavy atom. The molecule has 1 aromatic carbocycles. The van der Waals surface area contributed by atoms with Crippen molar-refractivity contribution in [3.05, 3.63) is 29.8 Å². The predicted octanol–water partition coefficient (Wildman–Crippen LogP) is -1.45. The van der Waals surface area contributed by atoms with Crippen LogP contribution in [-0.4, -0.2) is 12.9 Å². The van der Waals surface area contributed by atoms with Crippen molar-refractivity contribution in [1.29, 1.82) is 0 Å². The van der Waals surface area contributed by atoms with Crippen LogP contribution in [-0.2, 0) is 4.79 Å². The van der Waals surface area contributed by atoms with E-state index in [0.29, 0.717) is 17.9 Å². The Morgan fingerprint density at radius 1 is 1.50 bits per heavy atom. The van der Waals surface area contributed by atoms with Crippen molar-refractivity contribution in [2.24, 2.45) is 0 Å². The van der Waals surface area contributed by atoms with E-state index in [2.05, 4.69) is 0 Å². The van der Waals surface area contributed by atoms with E-state index in [1.54, 1.807) is 24.5 Å². The van der Waals surface area contributed by atoms with Crippen LogP contribution < -0.4 is 56.1 Å². The summed E-state index contributed by atoms with van der Waals surface area (Å²) in [4.78, 5) is 10.2. The molecule has 1 rings (SSSR count). The molecule has 0 fully saturated rings. The largest absolute Gasteiger partial charge is 1.00 e. The summed E-state index contributed by atoms with van der Waals surface area (Å²) in [5.41, 5.74) is 0.524. The molecule has 0 N–H and O–H groups in total. The molecule has 0 radical (unpaired) electrons. The van der Waals surface area contributed by atoms with Crippen LogP contribution >= 0.6 is 0 Å². The normalized spacial score (nSPS) is 8.42. The molecule has 0 atom stereocenters. The van der Waals surface area contributed by atoms with Crippen LogP contribution in [0.3, 0.4) is 0 Å². The van der Waals surface area contributed by atoms with E-state index in [4.69, 9.17) is 4.74 Å². The van der Waals surface area contributed by atoms with E-state index in [9.17, 15) is 4.79 Å². The Bertz CT molecular complexity index is 248. The van der Waals surface area contributed by atoms with E-state index in [0.717, 1.165) is 0 Å². The van der Waals surface area contributed by atoms with Gasteiger partial charge in [-0.05, 0) is 13.0 Å². The third-order valence-electron chi connectivity index (χ3n) is 1.26. The first kappa shape index (κ1) is 12.3. The van der Waals surface area contributed by atoms with E-state index >= 15 is 0 Å². The number of hydrogen-bond donors (Lipinski definition) is 0. The van der Waals surface area contributed by atoms with Gasteiger partial charge in [0.1, 0.15) is 0 Å². The first-order chi connectivity index (χ1) is 5.36. The molecule has 0 spiro atoms. The summed E-state index contributed by atoms with van der Waals surface area (Å²) in [5, 5.41) is 0. The topological polar surface area (TPSA) is 26.3 Å². The average Bonchev–Trinajstić information content (AvgIpc) is 2.06. The van der Waals surface area contributed by atoms with Crippen LogP contribution in [0.15, 0.2) is 24.3 Å². The van der Waals surface area contributed by atoms with E-state index < -0.39 is 0 Å². The molecule has 0 aliphatic carbocycles. The maximum absolute atomic E-state index is 10.2. The first-order valence-corrected chi connectivity index (χ1v) is 3.48. The van der Waals surface area contributed by atoms with Crippen molar-refractivity contribution in [3.8, 4) is 5.75 Å². The number of hydrogen-bond acceptors (Lipinski definition) is 2. The molecule has 0 aliphatic heterocycles. The number of rotatable bonds is 3. The monoisotopic (exact) mass is 188 g/mol. The molecular weight excluding hydrogens is 179 g/mol. The fourth-order valence-corrected chi connectivity index (χ4v) is 0.816.